The van der Waals surface area contributed by atoms with Gasteiger partial charge in [0, 0.05) is 17.8 Å². The van der Waals surface area contributed by atoms with E-state index in [-0.39, 0.29) is 18.6 Å². The Morgan fingerprint density at radius 3 is 2.56 bits per heavy atom. The van der Waals surface area contributed by atoms with Crippen molar-refractivity contribution in [3.63, 3.8) is 0 Å². The van der Waals surface area contributed by atoms with Crippen LogP contribution in [0.3, 0.4) is 0 Å². The van der Waals surface area contributed by atoms with Crippen LogP contribution >= 0.6 is 11.6 Å². The fourth-order valence-electron chi connectivity index (χ4n) is 4.41. The quantitative estimate of drug-likeness (QED) is 0.298. The Hall–Kier alpha value is -3.65. The molecule has 3 aromatic rings. The lowest BCUT2D eigenvalue weighted by Crippen LogP contribution is -2.20. The third-order valence-corrected chi connectivity index (χ3v) is 6.64. The van der Waals surface area contributed by atoms with E-state index in [0.717, 1.165) is 29.8 Å². The van der Waals surface area contributed by atoms with Crippen LogP contribution in [0.1, 0.15) is 60.3 Å². The zero-order chi connectivity index (χ0) is 25.5. The molecule has 4 rings (SSSR count). The molecule has 2 aromatic heterocycles. The summed E-state index contributed by atoms with van der Waals surface area (Å²) in [5, 5.41) is 11.2. The molecule has 1 fully saturated rings. The van der Waals surface area contributed by atoms with Gasteiger partial charge in [0.05, 0.1) is 41.4 Å². The standard InChI is InChI=1S/C27H30ClN5O3/c1-3-36-25(34)14-15-29-27(35)21-10-8-20(9-11-21)26(19-6-4-5-7-19)31-22-12-13-24(30-16-22)33-17-23(28)18(2)32-33/h8-17,19,26,31H,3-7H2,1-2H3,(H,29,35). The largest absolute Gasteiger partial charge is 0.463 e. The van der Waals surface area contributed by atoms with Crippen molar-refractivity contribution in [1.29, 1.82) is 0 Å². The van der Waals surface area contributed by atoms with E-state index in [9.17, 15) is 9.59 Å². The molecule has 1 saturated carbocycles. The zero-order valence-electron chi connectivity index (χ0n) is 20.4. The Balaban J connectivity index is 1.46. The van der Waals surface area contributed by atoms with Gasteiger partial charge in [-0.1, -0.05) is 36.6 Å². The van der Waals surface area contributed by atoms with Gasteiger partial charge in [0.2, 0.25) is 0 Å². The summed E-state index contributed by atoms with van der Waals surface area (Å²) < 4.78 is 6.47. The number of benzene rings is 1. The number of rotatable bonds is 9. The summed E-state index contributed by atoms with van der Waals surface area (Å²) in [5.74, 6) is 0.399. The van der Waals surface area contributed by atoms with Gasteiger partial charge in [0.15, 0.2) is 5.82 Å². The van der Waals surface area contributed by atoms with Crippen LogP contribution in [0.25, 0.3) is 5.82 Å². The first kappa shape index (κ1) is 25.4. The molecule has 1 aliphatic carbocycles. The number of nitrogens with zero attached hydrogens (tertiary/aromatic N) is 3. The van der Waals surface area contributed by atoms with E-state index in [1.54, 1.807) is 36.1 Å². The maximum absolute atomic E-state index is 12.4. The van der Waals surface area contributed by atoms with E-state index in [1.165, 1.54) is 25.1 Å². The average molecular weight is 508 g/mol. The van der Waals surface area contributed by atoms with Crippen molar-refractivity contribution in [2.45, 2.75) is 45.6 Å². The highest BCUT2D eigenvalue weighted by Crippen LogP contribution is 2.38. The van der Waals surface area contributed by atoms with Crippen LogP contribution in [-0.2, 0) is 9.53 Å². The van der Waals surface area contributed by atoms with Crippen LogP contribution in [0.5, 0.6) is 0 Å². The highest BCUT2D eigenvalue weighted by atomic mass is 35.5. The second-order valence-electron chi connectivity index (χ2n) is 8.76. The van der Waals surface area contributed by atoms with Crippen LogP contribution in [0.15, 0.2) is 61.1 Å². The first-order valence-electron chi connectivity index (χ1n) is 12.1. The maximum Gasteiger partial charge on any atom is 0.332 e. The Bertz CT molecular complexity index is 1200. The summed E-state index contributed by atoms with van der Waals surface area (Å²) in [5.41, 5.74) is 3.29. The van der Waals surface area contributed by atoms with Gasteiger partial charge < -0.3 is 15.4 Å². The van der Waals surface area contributed by atoms with Crippen molar-refractivity contribution >= 4 is 29.2 Å². The predicted octanol–water partition coefficient (Wildman–Crippen LogP) is 5.38. The van der Waals surface area contributed by atoms with Crippen LogP contribution in [0, 0.1) is 12.8 Å². The SMILES string of the molecule is CCOC(=O)C=CNC(=O)c1ccc(C(Nc2ccc(-n3cc(Cl)c(C)n3)nc2)C2CCCC2)cc1. The fraction of sp³-hybridized carbons (Fsp3) is 0.333. The van der Waals surface area contributed by atoms with Gasteiger partial charge in [-0.25, -0.2) is 14.5 Å². The maximum atomic E-state index is 12.4. The van der Waals surface area contributed by atoms with Gasteiger partial charge in [-0.3, -0.25) is 4.79 Å². The number of carbonyl (C=O) groups is 2. The first-order chi connectivity index (χ1) is 17.4. The smallest absolute Gasteiger partial charge is 0.332 e. The van der Waals surface area contributed by atoms with Crippen molar-refractivity contribution < 1.29 is 14.3 Å². The number of ether oxygens (including phenoxy) is 1. The number of carbonyl (C=O) groups excluding carboxylic acids is 2. The van der Waals surface area contributed by atoms with E-state index in [2.05, 4.69) is 20.7 Å². The van der Waals surface area contributed by atoms with Crippen LogP contribution in [0.4, 0.5) is 5.69 Å². The number of aryl methyl sites for hydroxylation is 1. The summed E-state index contributed by atoms with van der Waals surface area (Å²) >= 11 is 6.13. The second-order valence-corrected chi connectivity index (χ2v) is 9.17. The lowest BCUT2D eigenvalue weighted by Gasteiger charge is -2.26. The minimum Gasteiger partial charge on any atom is -0.463 e. The molecule has 188 valence electrons. The Morgan fingerprint density at radius 2 is 1.94 bits per heavy atom. The second kappa shape index (κ2) is 11.9. The Kier molecular flexibility index (Phi) is 8.38. The van der Waals surface area contributed by atoms with Crippen molar-refractivity contribution in [3.05, 3.63) is 82.9 Å². The molecule has 0 aliphatic heterocycles. The Labute approximate surface area is 215 Å². The molecule has 0 saturated heterocycles. The molecule has 36 heavy (non-hydrogen) atoms. The predicted molar refractivity (Wildman–Crippen MR) is 139 cm³/mol. The lowest BCUT2D eigenvalue weighted by atomic mass is 9.91. The molecule has 2 N–H and O–H groups in total. The molecule has 9 heteroatoms. The van der Waals surface area contributed by atoms with E-state index in [0.29, 0.717) is 22.3 Å². The van der Waals surface area contributed by atoms with Crippen molar-refractivity contribution in [3.8, 4) is 5.82 Å². The minimum absolute atomic E-state index is 0.0994. The number of aromatic nitrogens is 3. The summed E-state index contributed by atoms with van der Waals surface area (Å²) in [6.45, 7) is 3.87. The monoisotopic (exact) mass is 507 g/mol. The van der Waals surface area contributed by atoms with E-state index < -0.39 is 5.97 Å². The van der Waals surface area contributed by atoms with Crippen LogP contribution in [-0.4, -0.2) is 33.2 Å². The molecule has 2 heterocycles. The van der Waals surface area contributed by atoms with Gasteiger partial charge in [0.25, 0.3) is 5.91 Å². The molecule has 1 atom stereocenters. The molecule has 0 spiro atoms. The molecule has 1 amide bonds. The summed E-state index contributed by atoms with van der Waals surface area (Å²) in [6.07, 6.45) is 10.8. The normalized spacial score (nSPS) is 14.6. The molecular formula is C27H30ClN5O3. The van der Waals surface area contributed by atoms with Crippen LogP contribution in [0.2, 0.25) is 5.02 Å². The number of hydrogen-bond acceptors (Lipinski definition) is 6. The third-order valence-electron chi connectivity index (χ3n) is 6.27. The minimum atomic E-state index is -0.496. The lowest BCUT2D eigenvalue weighted by molar-refractivity contribution is -0.137. The zero-order valence-corrected chi connectivity index (χ0v) is 21.2. The van der Waals surface area contributed by atoms with Gasteiger partial charge in [-0.15, -0.1) is 0 Å². The van der Waals surface area contributed by atoms with Gasteiger partial charge in [0.1, 0.15) is 0 Å². The van der Waals surface area contributed by atoms with Gasteiger partial charge in [-0.05, 0) is 62.4 Å². The molecule has 8 nitrogen and oxygen atoms in total. The van der Waals surface area contributed by atoms with Crippen molar-refractivity contribution in [2.75, 3.05) is 11.9 Å². The van der Waals surface area contributed by atoms with Crippen molar-refractivity contribution in [1.82, 2.24) is 20.1 Å². The summed E-state index contributed by atoms with van der Waals surface area (Å²) in [7, 11) is 0. The van der Waals surface area contributed by atoms with E-state index >= 15 is 0 Å². The Morgan fingerprint density at radius 1 is 1.19 bits per heavy atom. The number of nitrogens with one attached hydrogen (secondary N) is 2. The highest BCUT2D eigenvalue weighted by Gasteiger charge is 2.26. The van der Waals surface area contributed by atoms with E-state index in [4.69, 9.17) is 16.3 Å². The molecular weight excluding hydrogens is 478 g/mol. The number of pyridine rings is 1. The number of anilines is 1. The molecule has 0 bridgehead atoms. The number of amides is 1. The molecule has 1 aromatic carbocycles. The van der Waals surface area contributed by atoms with E-state index in [1.807, 2.05) is 31.2 Å². The fourth-order valence-corrected chi connectivity index (χ4v) is 4.54. The summed E-state index contributed by atoms with van der Waals surface area (Å²) in [4.78, 5) is 28.4. The first-order valence-corrected chi connectivity index (χ1v) is 12.5. The number of esters is 1. The van der Waals surface area contributed by atoms with Crippen LogP contribution < -0.4 is 10.6 Å². The average Bonchev–Trinajstić information content (AvgIpc) is 3.53. The highest BCUT2D eigenvalue weighted by molar-refractivity contribution is 6.31. The van der Waals surface area contributed by atoms with Crippen molar-refractivity contribution in [2.24, 2.45) is 5.92 Å². The summed E-state index contributed by atoms with van der Waals surface area (Å²) in [6, 6.07) is 11.6. The topological polar surface area (TPSA) is 98.1 Å². The molecule has 0 radical (unpaired) electrons. The number of hydrogen-bond donors (Lipinski definition) is 2. The molecule has 1 aliphatic rings. The number of halogens is 1. The molecule has 1 unspecified atom stereocenters. The third kappa shape index (κ3) is 6.31. The van der Waals surface area contributed by atoms with Gasteiger partial charge >= 0.3 is 5.97 Å². The van der Waals surface area contributed by atoms with Gasteiger partial charge in [-0.2, -0.15) is 5.10 Å².